The third-order valence-electron chi connectivity index (χ3n) is 4.09. The third-order valence-corrected chi connectivity index (χ3v) is 5.54. The molecule has 2 aromatic rings. The summed E-state index contributed by atoms with van der Waals surface area (Å²) in [5.41, 5.74) is 0.951. The van der Waals surface area contributed by atoms with Gasteiger partial charge in [0.25, 0.3) is 0 Å². The first-order chi connectivity index (χ1) is 13.2. The van der Waals surface area contributed by atoms with Crippen LogP contribution in [0.4, 0.5) is 5.69 Å². The molecule has 2 rings (SSSR count). The lowest BCUT2D eigenvalue weighted by Gasteiger charge is -2.24. The average Bonchev–Trinajstić information content (AvgIpc) is 2.65. The highest BCUT2D eigenvalue weighted by Gasteiger charge is 2.24. The number of hydrogen-bond acceptors (Lipinski definition) is 5. The summed E-state index contributed by atoms with van der Waals surface area (Å²) in [7, 11) is -0.642. The number of carbonyl (C=O) groups excluding carboxylic acids is 1. The van der Waals surface area contributed by atoms with E-state index in [1.807, 2.05) is 0 Å². The fraction of sp³-hybridized carbons (Fsp3) is 0.316. The largest absolute Gasteiger partial charge is 0.497 e. The Morgan fingerprint density at radius 3 is 2.43 bits per heavy atom. The minimum absolute atomic E-state index is 0.239. The molecule has 0 bridgehead atoms. The molecule has 2 aromatic carbocycles. The van der Waals surface area contributed by atoms with E-state index < -0.39 is 28.5 Å². The molecule has 0 saturated carbocycles. The number of hydrogen-bond donors (Lipinski definition) is 1. The molecule has 0 spiro atoms. The maximum absolute atomic E-state index is 12.6. The van der Waals surface area contributed by atoms with Gasteiger partial charge >= 0.3 is 0 Å². The van der Waals surface area contributed by atoms with Crippen molar-refractivity contribution in [3.8, 4) is 11.5 Å². The Hall–Kier alpha value is -2.45. The van der Waals surface area contributed by atoms with E-state index in [9.17, 15) is 13.2 Å². The Morgan fingerprint density at radius 2 is 1.86 bits per heavy atom. The van der Waals surface area contributed by atoms with Crippen LogP contribution in [0.25, 0.3) is 0 Å². The second-order valence-electron chi connectivity index (χ2n) is 6.12. The molecule has 0 aliphatic rings. The van der Waals surface area contributed by atoms with Crippen molar-refractivity contribution in [2.24, 2.45) is 0 Å². The van der Waals surface area contributed by atoms with Crippen molar-refractivity contribution in [2.45, 2.75) is 13.0 Å². The van der Waals surface area contributed by atoms with Crippen LogP contribution in [0, 0.1) is 0 Å². The molecule has 28 heavy (non-hydrogen) atoms. The predicted octanol–water partition coefficient (Wildman–Crippen LogP) is 3.00. The van der Waals surface area contributed by atoms with Gasteiger partial charge < -0.3 is 14.8 Å². The van der Waals surface area contributed by atoms with E-state index in [4.69, 9.17) is 21.1 Å². The van der Waals surface area contributed by atoms with Crippen LogP contribution in [0.15, 0.2) is 42.5 Å². The zero-order valence-corrected chi connectivity index (χ0v) is 17.7. The Morgan fingerprint density at radius 1 is 1.18 bits per heavy atom. The van der Waals surface area contributed by atoms with Crippen LogP contribution in [-0.2, 0) is 14.8 Å². The second-order valence-corrected chi connectivity index (χ2v) is 8.43. The van der Waals surface area contributed by atoms with Gasteiger partial charge in [-0.25, -0.2) is 8.42 Å². The number of nitrogens with zero attached hydrogens (tertiary/aromatic N) is 1. The van der Waals surface area contributed by atoms with Crippen LogP contribution in [-0.4, -0.2) is 41.3 Å². The highest BCUT2D eigenvalue weighted by Crippen LogP contribution is 2.30. The molecule has 152 valence electrons. The van der Waals surface area contributed by atoms with E-state index in [1.165, 1.54) is 7.11 Å². The van der Waals surface area contributed by atoms with Crippen LogP contribution < -0.4 is 19.1 Å². The molecule has 7 nitrogen and oxygen atoms in total. The van der Waals surface area contributed by atoms with Gasteiger partial charge in [-0.15, -0.1) is 0 Å². The van der Waals surface area contributed by atoms with Crippen molar-refractivity contribution in [1.29, 1.82) is 0 Å². The number of rotatable bonds is 8. The lowest BCUT2D eigenvalue weighted by molar-refractivity contribution is -0.120. The number of halogens is 1. The summed E-state index contributed by atoms with van der Waals surface area (Å²) in [6, 6.07) is 11.3. The van der Waals surface area contributed by atoms with Crippen LogP contribution in [0.3, 0.4) is 0 Å². The first kappa shape index (κ1) is 21.8. The maximum atomic E-state index is 12.6. The van der Waals surface area contributed by atoms with Crippen LogP contribution in [0.5, 0.6) is 11.5 Å². The number of carbonyl (C=O) groups is 1. The number of methoxy groups -OCH3 is 2. The average molecular weight is 427 g/mol. The Bertz CT molecular complexity index is 949. The van der Waals surface area contributed by atoms with E-state index in [0.717, 1.165) is 10.6 Å². The van der Waals surface area contributed by atoms with Gasteiger partial charge in [0, 0.05) is 5.56 Å². The molecular weight excluding hydrogens is 404 g/mol. The van der Waals surface area contributed by atoms with E-state index in [1.54, 1.807) is 56.5 Å². The maximum Gasteiger partial charge on any atom is 0.241 e. The van der Waals surface area contributed by atoms with Gasteiger partial charge in [-0.05, 0) is 37.3 Å². The normalized spacial score (nSPS) is 12.2. The molecule has 0 aliphatic heterocycles. The first-order valence-corrected chi connectivity index (χ1v) is 10.6. The number of nitrogens with one attached hydrogen (secondary N) is 1. The van der Waals surface area contributed by atoms with E-state index >= 15 is 0 Å². The molecule has 1 amide bonds. The van der Waals surface area contributed by atoms with Gasteiger partial charge in [-0.2, -0.15) is 0 Å². The predicted molar refractivity (Wildman–Crippen MR) is 110 cm³/mol. The monoisotopic (exact) mass is 426 g/mol. The molecule has 0 fully saturated rings. The number of anilines is 1. The van der Waals surface area contributed by atoms with Gasteiger partial charge in [-0.1, -0.05) is 23.7 Å². The zero-order chi connectivity index (χ0) is 20.9. The van der Waals surface area contributed by atoms with Crippen molar-refractivity contribution < 1.29 is 22.7 Å². The van der Waals surface area contributed by atoms with E-state index in [2.05, 4.69) is 5.32 Å². The third kappa shape index (κ3) is 5.30. The number of para-hydroxylation sites is 1. The Balaban J connectivity index is 2.23. The van der Waals surface area contributed by atoms with Gasteiger partial charge in [0.1, 0.15) is 18.0 Å². The lowest BCUT2D eigenvalue weighted by Crippen LogP contribution is -2.41. The summed E-state index contributed by atoms with van der Waals surface area (Å²) in [4.78, 5) is 12.6. The Labute approximate surface area is 170 Å². The highest BCUT2D eigenvalue weighted by molar-refractivity contribution is 7.92. The molecule has 0 radical (unpaired) electrons. The topological polar surface area (TPSA) is 84.9 Å². The minimum atomic E-state index is -3.72. The summed E-state index contributed by atoms with van der Waals surface area (Å²) >= 11 is 6.11. The molecule has 1 atom stereocenters. The van der Waals surface area contributed by atoms with Crippen LogP contribution in [0.1, 0.15) is 18.5 Å². The minimum Gasteiger partial charge on any atom is -0.497 e. The molecular formula is C19H23ClN2O5S. The standard InChI is InChI=1S/C19H23ClN2O5S/c1-13(15-11-14(26-2)9-10-18(15)27-3)21-19(23)12-22(28(4,24)25)17-8-6-5-7-16(17)20/h5-11,13H,12H2,1-4H3,(H,21,23)/t13-/m1/s1. The van der Waals surface area contributed by atoms with E-state index in [-0.39, 0.29) is 10.7 Å². The molecule has 0 aromatic heterocycles. The lowest BCUT2D eigenvalue weighted by atomic mass is 10.1. The zero-order valence-electron chi connectivity index (χ0n) is 16.1. The summed E-state index contributed by atoms with van der Waals surface area (Å²) in [6.07, 6.45) is 1.03. The smallest absolute Gasteiger partial charge is 0.241 e. The van der Waals surface area contributed by atoms with Crippen molar-refractivity contribution in [3.05, 3.63) is 53.1 Å². The second kappa shape index (κ2) is 9.16. The summed E-state index contributed by atoms with van der Waals surface area (Å²) in [5.74, 6) is 0.716. The van der Waals surface area contributed by atoms with Gasteiger partial charge in [-0.3, -0.25) is 9.10 Å². The molecule has 0 aliphatic carbocycles. The van der Waals surface area contributed by atoms with E-state index in [0.29, 0.717) is 17.1 Å². The quantitative estimate of drug-likeness (QED) is 0.701. The van der Waals surface area contributed by atoms with Gasteiger partial charge in [0.2, 0.25) is 15.9 Å². The molecule has 0 saturated heterocycles. The Kier molecular flexibility index (Phi) is 7.15. The summed E-state index contributed by atoms with van der Waals surface area (Å²) < 4.78 is 35.9. The summed E-state index contributed by atoms with van der Waals surface area (Å²) in [5, 5.41) is 3.03. The summed E-state index contributed by atoms with van der Waals surface area (Å²) in [6.45, 7) is 1.37. The van der Waals surface area contributed by atoms with Gasteiger partial charge in [0.15, 0.2) is 0 Å². The van der Waals surface area contributed by atoms with Crippen LogP contribution in [0.2, 0.25) is 5.02 Å². The number of benzene rings is 2. The fourth-order valence-electron chi connectivity index (χ4n) is 2.71. The molecule has 1 N–H and O–H groups in total. The molecule has 0 heterocycles. The number of ether oxygens (including phenoxy) is 2. The van der Waals surface area contributed by atoms with Gasteiger partial charge in [0.05, 0.1) is 37.2 Å². The van der Waals surface area contributed by atoms with Crippen LogP contribution >= 0.6 is 11.6 Å². The van der Waals surface area contributed by atoms with Crippen molar-refractivity contribution in [3.63, 3.8) is 0 Å². The SMILES string of the molecule is COc1ccc(OC)c([C@@H](C)NC(=O)CN(c2ccccc2Cl)S(C)(=O)=O)c1. The molecule has 9 heteroatoms. The number of sulfonamides is 1. The number of amides is 1. The fourth-order valence-corrected chi connectivity index (χ4v) is 3.86. The molecule has 0 unspecified atom stereocenters. The van der Waals surface area contributed by atoms with Crippen molar-refractivity contribution in [2.75, 3.05) is 31.3 Å². The van der Waals surface area contributed by atoms with Crippen molar-refractivity contribution in [1.82, 2.24) is 5.32 Å². The highest BCUT2D eigenvalue weighted by atomic mass is 35.5. The van der Waals surface area contributed by atoms with Crippen molar-refractivity contribution >= 4 is 33.2 Å². The first-order valence-electron chi connectivity index (χ1n) is 8.41.